The van der Waals surface area contributed by atoms with Crippen LogP contribution in [-0.4, -0.2) is 21.9 Å². The van der Waals surface area contributed by atoms with E-state index in [1.54, 1.807) is 0 Å². The van der Waals surface area contributed by atoms with Gasteiger partial charge in [-0.2, -0.15) is 0 Å². The summed E-state index contributed by atoms with van der Waals surface area (Å²) in [7, 11) is 0. The van der Waals surface area contributed by atoms with E-state index in [0.717, 1.165) is 43.9 Å². The van der Waals surface area contributed by atoms with Gasteiger partial charge >= 0.3 is 0 Å². The van der Waals surface area contributed by atoms with E-state index in [2.05, 4.69) is 25.8 Å². The summed E-state index contributed by atoms with van der Waals surface area (Å²) in [6, 6.07) is 0. The third kappa shape index (κ3) is 2.38. The van der Waals surface area contributed by atoms with Gasteiger partial charge in [0.05, 0.1) is 6.10 Å². The van der Waals surface area contributed by atoms with Gasteiger partial charge in [-0.3, -0.25) is 0 Å². The maximum absolute atomic E-state index is 10.8. The highest BCUT2D eigenvalue weighted by Crippen LogP contribution is 2.67. The number of hydrogen-bond donors (Lipinski definition) is 2. The van der Waals surface area contributed by atoms with Crippen LogP contribution >= 0.6 is 0 Å². The van der Waals surface area contributed by atoms with Gasteiger partial charge in [-0.05, 0) is 86.9 Å². The summed E-state index contributed by atoms with van der Waals surface area (Å²) in [6.07, 6.45) is 16.9. The number of aliphatic hydroxyl groups excluding tert-OH is 1. The van der Waals surface area contributed by atoms with Crippen LogP contribution < -0.4 is 0 Å². The first-order chi connectivity index (χ1) is 11.7. The fourth-order valence-corrected chi connectivity index (χ4v) is 7.67. The van der Waals surface area contributed by atoms with Crippen molar-refractivity contribution in [3.8, 4) is 12.3 Å². The second kappa shape index (κ2) is 5.61. The number of rotatable bonds is 1. The van der Waals surface area contributed by atoms with E-state index in [0.29, 0.717) is 5.92 Å². The van der Waals surface area contributed by atoms with Gasteiger partial charge < -0.3 is 10.2 Å². The van der Waals surface area contributed by atoms with Crippen molar-refractivity contribution < 1.29 is 10.2 Å². The molecule has 25 heavy (non-hydrogen) atoms. The molecule has 0 spiro atoms. The molecule has 4 rings (SSSR count). The first-order valence-electron chi connectivity index (χ1n) is 10.3. The van der Waals surface area contributed by atoms with Crippen molar-refractivity contribution in [2.24, 2.45) is 34.5 Å². The van der Waals surface area contributed by atoms with E-state index in [-0.39, 0.29) is 22.9 Å². The molecule has 138 valence electrons. The molecule has 2 nitrogen and oxygen atoms in total. The zero-order valence-electron chi connectivity index (χ0n) is 16.1. The lowest BCUT2D eigenvalue weighted by molar-refractivity contribution is -0.0826. The highest BCUT2D eigenvalue weighted by Gasteiger charge is 2.61. The van der Waals surface area contributed by atoms with Crippen molar-refractivity contribution in [2.45, 2.75) is 83.8 Å². The molecule has 0 heterocycles. The van der Waals surface area contributed by atoms with E-state index in [9.17, 15) is 10.2 Å². The fraction of sp³-hybridized carbons (Fsp3) is 0.826. The minimum atomic E-state index is -0.981. The zero-order chi connectivity index (χ0) is 18.0. The molecular weight excluding hydrogens is 308 g/mol. The van der Waals surface area contributed by atoms with Gasteiger partial charge in [0.15, 0.2) is 0 Å². The second-order valence-corrected chi connectivity index (χ2v) is 10.1. The Labute approximate surface area is 153 Å². The van der Waals surface area contributed by atoms with Gasteiger partial charge in [0.1, 0.15) is 5.60 Å². The van der Waals surface area contributed by atoms with Crippen LogP contribution in [0, 0.1) is 46.8 Å². The second-order valence-electron chi connectivity index (χ2n) is 10.1. The molecular formula is C23H34O2. The van der Waals surface area contributed by atoms with Crippen molar-refractivity contribution in [3.05, 3.63) is 11.6 Å². The highest BCUT2D eigenvalue weighted by molar-refractivity contribution is 5.26. The molecule has 3 saturated carbocycles. The number of fused-ring (bicyclic) bond motifs is 5. The lowest BCUT2D eigenvalue weighted by atomic mass is 9.47. The highest BCUT2D eigenvalue weighted by atomic mass is 16.3. The van der Waals surface area contributed by atoms with Crippen LogP contribution in [0.2, 0.25) is 0 Å². The molecule has 8 atom stereocenters. The molecule has 4 aliphatic carbocycles. The summed E-state index contributed by atoms with van der Waals surface area (Å²) in [5, 5.41) is 20.9. The molecule has 0 radical (unpaired) electrons. The van der Waals surface area contributed by atoms with Gasteiger partial charge in [0, 0.05) is 5.92 Å². The lowest BCUT2D eigenvalue weighted by Gasteiger charge is -2.58. The van der Waals surface area contributed by atoms with E-state index in [1.165, 1.54) is 24.8 Å². The Balaban J connectivity index is 1.66. The Morgan fingerprint density at radius 3 is 2.64 bits per heavy atom. The SMILES string of the molecule is C#C[C@](C)(O)C1CCC2C3CC=C4C[C@@H](O)CC[C@]4(C)C3CC[C@@]21C. The quantitative estimate of drug-likeness (QED) is 0.551. The largest absolute Gasteiger partial charge is 0.393 e. The van der Waals surface area contributed by atoms with Crippen LogP contribution in [0.4, 0.5) is 0 Å². The molecule has 0 aromatic carbocycles. The smallest absolute Gasteiger partial charge is 0.125 e. The topological polar surface area (TPSA) is 40.5 Å². The molecule has 2 N–H and O–H groups in total. The summed E-state index contributed by atoms with van der Waals surface area (Å²) in [5.74, 6) is 5.06. The first-order valence-corrected chi connectivity index (χ1v) is 10.3. The maximum atomic E-state index is 10.8. The molecule has 0 aliphatic heterocycles. The summed E-state index contributed by atoms with van der Waals surface area (Å²) in [5.41, 5.74) is 1.01. The Hall–Kier alpha value is -0.780. The van der Waals surface area contributed by atoms with Crippen molar-refractivity contribution in [2.75, 3.05) is 0 Å². The van der Waals surface area contributed by atoms with Crippen LogP contribution in [0.1, 0.15) is 72.1 Å². The van der Waals surface area contributed by atoms with E-state index < -0.39 is 5.60 Å². The van der Waals surface area contributed by atoms with Gasteiger partial charge in [-0.25, -0.2) is 0 Å². The van der Waals surface area contributed by atoms with Crippen molar-refractivity contribution in [3.63, 3.8) is 0 Å². The van der Waals surface area contributed by atoms with E-state index in [4.69, 9.17) is 6.42 Å². The Bertz CT molecular complexity index is 626. The number of aliphatic hydroxyl groups is 2. The van der Waals surface area contributed by atoms with Gasteiger partial charge in [-0.1, -0.05) is 31.4 Å². The molecule has 2 heteroatoms. The minimum Gasteiger partial charge on any atom is -0.393 e. The normalized spacial score (nSPS) is 51.4. The third-order valence-corrected chi connectivity index (χ3v) is 9.05. The van der Waals surface area contributed by atoms with Crippen LogP contribution in [0.3, 0.4) is 0 Å². The van der Waals surface area contributed by atoms with Crippen molar-refractivity contribution in [1.82, 2.24) is 0 Å². The molecule has 3 fully saturated rings. The number of hydrogen-bond acceptors (Lipinski definition) is 2. The lowest BCUT2D eigenvalue weighted by Crippen LogP contribution is -2.52. The maximum Gasteiger partial charge on any atom is 0.125 e. The minimum absolute atomic E-state index is 0.133. The molecule has 0 saturated heterocycles. The van der Waals surface area contributed by atoms with Crippen molar-refractivity contribution >= 4 is 0 Å². The van der Waals surface area contributed by atoms with Gasteiger partial charge in [0.2, 0.25) is 0 Å². The van der Waals surface area contributed by atoms with E-state index in [1.807, 2.05) is 6.92 Å². The first kappa shape index (κ1) is 17.6. The molecule has 0 aromatic heterocycles. The summed E-state index contributed by atoms with van der Waals surface area (Å²) in [4.78, 5) is 0. The average molecular weight is 343 g/mol. The van der Waals surface area contributed by atoms with Gasteiger partial charge in [-0.15, -0.1) is 6.42 Å². The van der Waals surface area contributed by atoms with Crippen LogP contribution in [-0.2, 0) is 0 Å². The fourth-order valence-electron chi connectivity index (χ4n) is 7.67. The van der Waals surface area contributed by atoms with Gasteiger partial charge in [0.25, 0.3) is 0 Å². The average Bonchev–Trinajstić information content (AvgIpc) is 2.93. The van der Waals surface area contributed by atoms with Crippen LogP contribution in [0.25, 0.3) is 0 Å². The molecule has 0 amide bonds. The summed E-state index contributed by atoms with van der Waals surface area (Å²) < 4.78 is 0. The standard InChI is InChI=1S/C23H34O2/c1-5-23(4,25)20-9-8-18-17-7-6-15-14-16(24)10-12-21(15,2)19(17)11-13-22(18,20)3/h1,6,16-20,24-25H,7-14H2,2-4H3/t16-,17?,18?,19?,20?,21-,22-,23-/m0/s1. The third-order valence-electron chi connectivity index (χ3n) is 9.05. The summed E-state index contributed by atoms with van der Waals surface area (Å²) >= 11 is 0. The van der Waals surface area contributed by atoms with E-state index >= 15 is 0 Å². The monoisotopic (exact) mass is 342 g/mol. The predicted octanol–water partition coefficient (Wildman–Crippen LogP) is 4.31. The molecule has 0 bridgehead atoms. The van der Waals surface area contributed by atoms with Crippen molar-refractivity contribution in [1.29, 1.82) is 0 Å². The number of terminal acetylenes is 1. The van der Waals surface area contributed by atoms with Crippen LogP contribution in [0.5, 0.6) is 0 Å². The molecule has 4 aliphatic rings. The Morgan fingerprint density at radius 2 is 1.92 bits per heavy atom. The summed E-state index contributed by atoms with van der Waals surface area (Å²) in [6.45, 7) is 6.72. The molecule has 4 unspecified atom stereocenters. The zero-order valence-corrected chi connectivity index (χ0v) is 16.1. The Kier molecular flexibility index (Phi) is 3.95. The predicted molar refractivity (Wildman–Crippen MR) is 101 cm³/mol. The Morgan fingerprint density at radius 1 is 1.16 bits per heavy atom. The molecule has 0 aromatic rings. The van der Waals surface area contributed by atoms with Crippen LogP contribution in [0.15, 0.2) is 11.6 Å². The number of allylic oxidation sites excluding steroid dienone is 1.